The minimum absolute atomic E-state index is 0.365. The Bertz CT molecular complexity index is 740. The van der Waals surface area contributed by atoms with Gasteiger partial charge >= 0.3 is 0 Å². The van der Waals surface area contributed by atoms with Gasteiger partial charge in [0.1, 0.15) is 11.9 Å². The van der Waals surface area contributed by atoms with E-state index < -0.39 is 11.4 Å². The van der Waals surface area contributed by atoms with Gasteiger partial charge in [-0.3, -0.25) is 4.79 Å². The fourth-order valence-corrected chi connectivity index (χ4v) is 4.36. The molecule has 0 fully saturated rings. The van der Waals surface area contributed by atoms with E-state index in [1.54, 1.807) is 7.11 Å². The summed E-state index contributed by atoms with van der Waals surface area (Å²) in [4.78, 5) is 15.5. The lowest BCUT2D eigenvalue weighted by Gasteiger charge is -2.23. The van der Waals surface area contributed by atoms with Crippen LogP contribution in [0, 0.1) is 3.57 Å². The summed E-state index contributed by atoms with van der Waals surface area (Å²) in [5.74, 6) is 0.373. The number of thioether (sulfide) groups is 1. The lowest BCUT2D eigenvalue weighted by Crippen LogP contribution is -2.40. The predicted molar refractivity (Wildman–Crippen MR) is 118 cm³/mol. The van der Waals surface area contributed by atoms with Gasteiger partial charge in [-0.25, -0.2) is 0 Å². The van der Waals surface area contributed by atoms with Crippen molar-refractivity contribution >= 4 is 40.3 Å². The van der Waals surface area contributed by atoms with E-state index >= 15 is 0 Å². The molecule has 2 aromatic rings. The molecule has 0 aliphatic heterocycles. The van der Waals surface area contributed by atoms with Crippen molar-refractivity contribution in [1.82, 2.24) is 10.2 Å². The first-order valence-electron chi connectivity index (χ1n) is 8.58. The van der Waals surface area contributed by atoms with Crippen molar-refractivity contribution in [2.75, 3.05) is 34.3 Å². The molecule has 2 atom stereocenters. The average molecular weight is 500 g/mol. The van der Waals surface area contributed by atoms with E-state index in [1.807, 2.05) is 67.5 Å². The van der Waals surface area contributed by atoms with Gasteiger partial charge in [0, 0.05) is 21.6 Å². The molecule has 2 rings (SSSR count). The molecule has 27 heavy (non-hydrogen) atoms. The van der Waals surface area contributed by atoms with Crippen molar-refractivity contribution in [1.29, 1.82) is 0 Å². The van der Waals surface area contributed by atoms with Crippen LogP contribution in [0.25, 0.3) is 0 Å². The number of benzene rings is 2. The summed E-state index contributed by atoms with van der Waals surface area (Å²) < 4.78 is 6.30. The lowest BCUT2D eigenvalue weighted by atomic mass is 10.1. The maximum absolute atomic E-state index is 12.5. The Kier molecular flexibility index (Phi) is 8.88. The average Bonchev–Trinajstić information content (AvgIpc) is 2.66. The number of carbonyl (C=O) groups is 1. The van der Waals surface area contributed by atoms with Gasteiger partial charge in [-0.2, -0.15) is 0 Å². The third-order valence-electron chi connectivity index (χ3n) is 3.95. The summed E-state index contributed by atoms with van der Waals surface area (Å²) in [6, 6.07) is 15.4. The normalized spacial score (nSPS) is 13.3. The van der Waals surface area contributed by atoms with Gasteiger partial charge in [0.25, 0.3) is 0 Å². The monoisotopic (exact) mass is 500 g/mol. The Hall–Kier alpha value is -1.29. The van der Waals surface area contributed by atoms with Crippen LogP contribution in [0.2, 0.25) is 0 Å². The van der Waals surface area contributed by atoms with E-state index in [-0.39, 0.29) is 5.91 Å². The quantitative estimate of drug-likeness (QED) is 0.409. The maximum Gasteiger partial charge on any atom is 0.250 e. The molecular weight excluding hydrogens is 475 g/mol. The van der Waals surface area contributed by atoms with Crippen molar-refractivity contribution < 1.29 is 14.6 Å². The number of nitrogens with one attached hydrogen (secondary N) is 1. The fraction of sp³-hybridized carbons (Fsp3) is 0.350. The smallest absolute Gasteiger partial charge is 0.250 e. The second kappa shape index (κ2) is 10.9. The Balaban J connectivity index is 2.22. The van der Waals surface area contributed by atoms with Crippen molar-refractivity contribution in [2.45, 2.75) is 16.2 Å². The number of hydrogen-bond acceptors (Lipinski definition) is 5. The number of carbonyl (C=O) groups excluding carboxylic acids is 1. The van der Waals surface area contributed by atoms with Crippen LogP contribution in [0.5, 0.6) is 5.75 Å². The van der Waals surface area contributed by atoms with Crippen molar-refractivity contribution in [2.24, 2.45) is 0 Å². The lowest BCUT2D eigenvalue weighted by molar-refractivity contribution is -0.129. The number of hydrogen-bond donors (Lipinski definition) is 2. The van der Waals surface area contributed by atoms with E-state index in [0.717, 1.165) is 26.3 Å². The highest BCUT2D eigenvalue weighted by Crippen LogP contribution is 2.40. The summed E-state index contributed by atoms with van der Waals surface area (Å²) >= 11 is 3.76. The zero-order valence-electron chi connectivity index (χ0n) is 15.7. The largest absolute Gasteiger partial charge is 0.497 e. The van der Waals surface area contributed by atoms with E-state index in [9.17, 15) is 9.90 Å². The Morgan fingerprint density at radius 2 is 1.89 bits per heavy atom. The Morgan fingerprint density at radius 1 is 1.22 bits per heavy atom. The van der Waals surface area contributed by atoms with Crippen LogP contribution in [0.1, 0.15) is 10.8 Å². The molecule has 0 radical (unpaired) electrons. The topological polar surface area (TPSA) is 61.8 Å². The van der Waals surface area contributed by atoms with Gasteiger partial charge in [-0.15, -0.1) is 11.8 Å². The second-order valence-electron chi connectivity index (χ2n) is 6.28. The third-order valence-corrected chi connectivity index (χ3v) is 6.65. The van der Waals surface area contributed by atoms with Crippen LogP contribution >= 0.6 is 34.4 Å². The van der Waals surface area contributed by atoms with Gasteiger partial charge in [0.15, 0.2) is 0 Å². The van der Waals surface area contributed by atoms with E-state index in [2.05, 4.69) is 27.9 Å². The van der Waals surface area contributed by atoms with Gasteiger partial charge < -0.3 is 20.1 Å². The highest BCUT2D eigenvalue weighted by molar-refractivity contribution is 14.1. The molecule has 2 aromatic carbocycles. The van der Waals surface area contributed by atoms with Crippen LogP contribution in [0.15, 0.2) is 53.4 Å². The number of aliphatic hydroxyl groups is 1. The minimum Gasteiger partial charge on any atom is -0.497 e. The molecule has 0 heterocycles. The number of rotatable bonds is 9. The summed E-state index contributed by atoms with van der Waals surface area (Å²) in [6.07, 6.45) is -1.17. The molecule has 0 spiro atoms. The molecule has 1 amide bonds. The number of halogens is 1. The van der Waals surface area contributed by atoms with Crippen LogP contribution in [0.4, 0.5) is 0 Å². The summed E-state index contributed by atoms with van der Waals surface area (Å²) in [6.45, 7) is 1.21. The number of nitrogens with zero attached hydrogens (tertiary/aromatic N) is 1. The van der Waals surface area contributed by atoms with Crippen molar-refractivity contribution in [3.63, 3.8) is 0 Å². The van der Waals surface area contributed by atoms with Crippen LogP contribution in [-0.2, 0) is 4.79 Å². The fourth-order valence-electron chi connectivity index (χ4n) is 2.43. The molecule has 5 nitrogen and oxygen atoms in total. The number of likely N-dealkylation sites (N-methyl/N-ethyl adjacent to an activating group) is 1. The van der Waals surface area contributed by atoms with E-state index in [1.165, 1.54) is 11.8 Å². The van der Waals surface area contributed by atoms with Crippen LogP contribution < -0.4 is 10.1 Å². The standard InChI is InChI=1S/C20H25IN2O3S/c1-23(2)13-12-22-20(25)18(24)19(14-8-10-15(26-3)11-9-14)27-17-7-5-4-6-16(17)21/h4-11,18-19,24H,12-13H2,1-3H3,(H,22,25). The van der Waals surface area contributed by atoms with Crippen molar-refractivity contribution in [3.8, 4) is 5.75 Å². The number of aliphatic hydroxyl groups excluding tert-OH is 1. The molecule has 7 heteroatoms. The molecule has 2 N–H and O–H groups in total. The molecular formula is C20H25IN2O3S. The van der Waals surface area contributed by atoms with Gasteiger partial charge in [0.05, 0.1) is 12.4 Å². The van der Waals surface area contributed by atoms with Gasteiger partial charge in [0.2, 0.25) is 5.91 Å². The highest BCUT2D eigenvalue weighted by atomic mass is 127. The second-order valence-corrected chi connectivity index (χ2v) is 8.63. The van der Waals surface area contributed by atoms with Crippen molar-refractivity contribution in [3.05, 3.63) is 57.7 Å². The van der Waals surface area contributed by atoms with Gasteiger partial charge in [-0.05, 0) is 66.5 Å². The summed E-state index contributed by atoms with van der Waals surface area (Å²) in [7, 11) is 5.49. The zero-order chi connectivity index (χ0) is 19.8. The Labute approximate surface area is 178 Å². The highest BCUT2D eigenvalue weighted by Gasteiger charge is 2.29. The number of methoxy groups -OCH3 is 1. The van der Waals surface area contributed by atoms with Crippen LogP contribution in [0.3, 0.4) is 0 Å². The molecule has 0 aliphatic carbocycles. The van der Waals surface area contributed by atoms with E-state index in [4.69, 9.17) is 4.74 Å². The molecule has 0 aromatic heterocycles. The maximum atomic E-state index is 12.5. The SMILES string of the molecule is COc1ccc(C(Sc2ccccc2I)C(O)C(=O)NCCN(C)C)cc1. The first-order valence-corrected chi connectivity index (χ1v) is 10.5. The molecule has 146 valence electrons. The molecule has 2 unspecified atom stereocenters. The molecule has 0 bridgehead atoms. The predicted octanol–water partition coefficient (Wildman–Crippen LogP) is 3.17. The molecule has 0 saturated heterocycles. The van der Waals surface area contributed by atoms with Gasteiger partial charge in [-0.1, -0.05) is 24.3 Å². The first kappa shape index (κ1) is 22.0. The number of ether oxygens (including phenoxy) is 1. The van der Waals surface area contributed by atoms with E-state index in [0.29, 0.717) is 6.54 Å². The van der Waals surface area contributed by atoms with Crippen LogP contribution in [-0.4, -0.2) is 56.3 Å². The Morgan fingerprint density at radius 3 is 2.48 bits per heavy atom. The first-order chi connectivity index (χ1) is 12.9. The minimum atomic E-state index is -1.17. The summed E-state index contributed by atoms with van der Waals surface area (Å²) in [5.41, 5.74) is 0.871. The molecule has 0 saturated carbocycles. The number of amides is 1. The zero-order valence-corrected chi connectivity index (χ0v) is 18.7. The summed E-state index contributed by atoms with van der Waals surface area (Å²) in [5, 5.41) is 13.2. The molecule has 0 aliphatic rings. The third kappa shape index (κ3) is 6.67.